The highest BCUT2D eigenvalue weighted by Crippen LogP contribution is 2.52. The van der Waals surface area contributed by atoms with Crippen molar-refractivity contribution in [3.63, 3.8) is 0 Å². The number of hydrogen-bond donors (Lipinski definition) is 2. The molecule has 11 heteroatoms. The molecule has 5 aromatic carbocycles. The standard InChI is InChI=1S/C47H52N4O7/c1-50-20-17-31-24-39(53-3)42-27-35(31)37(50)22-30-12-14-34(15-13-30)57-41-26-33(36(28-40(41)54-4)49-47(52)48-19-16-29-10-8-7-9-11-29)23-38-44-32(18-21-51(38)2)25-43(55-5)45(56-6)46(44)58-42/h7-15,24-28,37-38H,16-23H2,1-6H3,(H2,48,49,52)/t37-,38-/m0/s1. The number of urea groups is 1. The number of methoxy groups -OCH3 is 4. The smallest absolute Gasteiger partial charge is 0.319 e. The lowest BCUT2D eigenvalue weighted by atomic mass is 9.86. The van der Waals surface area contributed by atoms with E-state index in [1.165, 1.54) is 16.7 Å². The molecule has 0 saturated heterocycles. The number of anilines is 1. The summed E-state index contributed by atoms with van der Waals surface area (Å²) in [5, 5.41) is 6.18. The maximum atomic E-state index is 13.5. The number of carbonyl (C=O) groups excluding carboxylic acids is 1. The third kappa shape index (κ3) is 7.84. The minimum Gasteiger partial charge on any atom is -0.493 e. The van der Waals surface area contributed by atoms with Gasteiger partial charge in [0.05, 0.1) is 28.4 Å². The predicted molar refractivity (Wildman–Crippen MR) is 225 cm³/mol. The van der Waals surface area contributed by atoms with E-state index in [0.717, 1.165) is 54.6 Å². The van der Waals surface area contributed by atoms with Gasteiger partial charge in [0.1, 0.15) is 5.75 Å². The fraction of sp³-hybridized carbons (Fsp3) is 0.340. The number of carbonyl (C=O) groups is 1. The van der Waals surface area contributed by atoms with Crippen molar-refractivity contribution in [2.75, 3.05) is 67.5 Å². The van der Waals surface area contributed by atoms with Gasteiger partial charge < -0.3 is 39.1 Å². The van der Waals surface area contributed by atoms with Crippen molar-refractivity contribution in [1.82, 2.24) is 15.1 Å². The third-order valence-corrected chi connectivity index (χ3v) is 11.8. The van der Waals surface area contributed by atoms with Crippen molar-refractivity contribution in [3.05, 3.63) is 124 Å². The first kappa shape index (κ1) is 38.9. The molecule has 2 atom stereocenters. The lowest BCUT2D eigenvalue weighted by Crippen LogP contribution is -2.34. The number of nitrogens with zero attached hydrogens (tertiary/aromatic N) is 2. The lowest BCUT2D eigenvalue weighted by Gasteiger charge is -2.37. The summed E-state index contributed by atoms with van der Waals surface area (Å²) < 4.78 is 37.7. The van der Waals surface area contributed by atoms with E-state index in [0.29, 0.717) is 71.1 Å². The molecule has 0 saturated carbocycles. The highest BCUT2D eigenvalue weighted by atomic mass is 16.5. The molecule has 0 fully saturated rings. The molecule has 11 nitrogen and oxygen atoms in total. The van der Waals surface area contributed by atoms with Crippen LogP contribution in [0.2, 0.25) is 0 Å². The van der Waals surface area contributed by atoms with E-state index in [-0.39, 0.29) is 18.1 Å². The predicted octanol–water partition coefficient (Wildman–Crippen LogP) is 8.53. The van der Waals surface area contributed by atoms with Gasteiger partial charge in [-0.05, 0) is 116 Å². The number of amides is 2. The van der Waals surface area contributed by atoms with Crippen molar-refractivity contribution >= 4 is 11.7 Å². The molecule has 2 amide bonds. The molecule has 0 unspecified atom stereocenters. The zero-order valence-corrected chi connectivity index (χ0v) is 34.1. The van der Waals surface area contributed by atoms with Crippen molar-refractivity contribution in [2.24, 2.45) is 0 Å². The summed E-state index contributed by atoms with van der Waals surface area (Å²) >= 11 is 0. The molecule has 0 radical (unpaired) electrons. The number of nitrogens with one attached hydrogen (secondary N) is 2. The molecule has 4 aliphatic rings. The summed E-state index contributed by atoms with van der Waals surface area (Å²) in [5.74, 6) is 4.65. The van der Waals surface area contributed by atoms with Crippen LogP contribution >= 0.6 is 0 Å². The topological polar surface area (TPSA) is 103 Å². The highest BCUT2D eigenvalue weighted by molar-refractivity contribution is 5.90. The first-order chi connectivity index (χ1) is 28.3. The second kappa shape index (κ2) is 16.9. The molecule has 9 rings (SSSR count). The van der Waals surface area contributed by atoms with E-state index >= 15 is 0 Å². The highest BCUT2D eigenvalue weighted by Gasteiger charge is 2.35. The molecular weight excluding hydrogens is 733 g/mol. The Morgan fingerprint density at radius 3 is 2.10 bits per heavy atom. The molecular formula is C47H52N4O7. The number of ether oxygens (including phenoxy) is 6. The zero-order valence-electron chi connectivity index (χ0n) is 34.1. The van der Waals surface area contributed by atoms with Crippen molar-refractivity contribution in [3.8, 4) is 46.0 Å². The molecule has 6 bridgehead atoms. The molecule has 4 aliphatic heterocycles. The Hall–Kier alpha value is -5.91. The van der Waals surface area contributed by atoms with Crippen molar-refractivity contribution < 1.29 is 33.2 Å². The Bertz CT molecular complexity index is 2280. The van der Waals surface area contributed by atoms with Crippen molar-refractivity contribution in [2.45, 2.75) is 44.2 Å². The molecule has 0 spiro atoms. The summed E-state index contributed by atoms with van der Waals surface area (Å²) in [4.78, 5) is 18.3. The van der Waals surface area contributed by atoms with E-state index < -0.39 is 0 Å². The van der Waals surface area contributed by atoms with Gasteiger partial charge in [-0.2, -0.15) is 0 Å². The maximum Gasteiger partial charge on any atom is 0.319 e. The van der Waals surface area contributed by atoms with Crippen LogP contribution in [0, 0.1) is 0 Å². The fourth-order valence-corrected chi connectivity index (χ4v) is 8.59. The van der Waals surface area contributed by atoms with Crippen LogP contribution in [0.1, 0.15) is 51.0 Å². The van der Waals surface area contributed by atoms with Gasteiger partial charge in [0.25, 0.3) is 0 Å². The number of benzene rings is 5. The summed E-state index contributed by atoms with van der Waals surface area (Å²) in [5.41, 5.74) is 8.31. The van der Waals surface area contributed by atoms with Gasteiger partial charge in [-0.25, -0.2) is 4.79 Å². The Balaban J connectivity index is 1.27. The molecule has 302 valence electrons. The van der Waals surface area contributed by atoms with Crippen LogP contribution in [0.4, 0.5) is 10.5 Å². The van der Waals surface area contributed by atoms with E-state index in [4.69, 9.17) is 28.4 Å². The maximum absolute atomic E-state index is 13.5. The Kier molecular flexibility index (Phi) is 11.3. The van der Waals surface area contributed by atoms with Crippen LogP contribution < -0.4 is 39.1 Å². The second-order valence-corrected chi connectivity index (χ2v) is 15.2. The van der Waals surface area contributed by atoms with Crippen LogP contribution in [0.5, 0.6) is 46.0 Å². The van der Waals surface area contributed by atoms with Gasteiger partial charge in [-0.1, -0.05) is 42.5 Å². The van der Waals surface area contributed by atoms with Gasteiger partial charge in [0.15, 0.2) is 34.5 Å². The van der Waals surface area contributed by atoms with Crippen LogP contribution in [0.25, 0.3) is 0 Å². The normalized spacial score (nSPS) is 17.4. The summed E-state index contributed by atoms with van der Waals surface area (Å²) in [6, 6.07) is 28.1. The van der Waals surface area contributed by atoms with Gasteiger partial charge >= 0.3 is 6.03 Å². The van der Waals surface area contributed by atoms with E-state index in [9.17, 15) is 4.79 Å². The SMILES string of the molecule is COc1cc(NC(=O)NCCc2ccccc2)c2cc1Oc1ccc(cc1)C[C@H]1c3cc(c(OC)cc3CCN1C)Oc1c(OC)c(OC)cc3c1[C@H](C2)N(C)CC3. The average molecular weight is 785 g/mol. The van der Waals surface area contributed by atoms with Gasteiger partial charge in [0.2, 0.25) is 5.75 Å². The minimum absolute atomic E-state index is 0.112. The van der Waals surface area contributed by atoms with Crippen LogP contribution in [0.15, 0.2) is 84.9 Å². The second-order valence-electron chi connectivity index (χ2n) is 15.2. The summed E-state index contributed by atoms with van der Waals surface area (Å²) in [6.45, 7) is 2.19. The first-order valence-corrected chi connectivity index (χ1v) is 19.9. The molecule has 0 aromatic heterocycles. The number of fused-ring (bicyclic) bond motifs is 2. The number of likely N-dealkylation sites (N-methyl/N-ethyl adjacent to an activating group) is 2. The van der Waals surface area contributed by atoms with Crippen LogP contribution in [-0.2, 0) is 32.1 Å². The monoisotopic (exact) mass is 784 g/mol. The van der Waals surface area contributed by atoms with Crippen molar-refractivity contribution in [1.29, 1.82) is 0 Å². The Labute approximate surface area is 340 Å². The summed E-state index contributed by atoms with van der Waals surface area (Å²) in [6.07, 6.45) is 3.66. The minimum atomic E-state index is -0.311. The fourth-order valence-electron chi connectivity index (χ4n) is 8.59. The zero-order chi connectivity index (χ0) is 40.3. The quantitative estimate of drug-likeness (QED) is 0.160. The van der Waals surface area contributed by atoms with Crippen LogP contribution in [0.3, 0.4) is 0 Å². The average Bonchev–Trinajstić information content (AvgIpc) is 3.24. The number of hydrogen-bond acceptors (Lipinski definition) is 9. The molecule has 58 heavy (non-hydrogen) atoms. The first-order valence-electron chi connectivity index (χ1n) is 19.9. The van der Waals surface area contributed by atoms with Gasteiger partial charge in [0, 0.05) is 49.0 Å². The third-order valence-electron chi connectivity index (χ3n) is 11.8. The van der Waals surface area contributed by atoms with Gasteiger partial charge in [-0.15, -0.1) is 0 Å². The Morgan fingerprint density at radius 1 is 0.707 bits per heavy atom. The van der Waals surface area contributed by atoms with Crippen LogP contribution in [-0.4, -0.2) is 78.0 Å². The molecule has 0 aliphatic carbocycles. The molecule has 2 N–H and O–H groups in total. The Morgan fingerprint density at radius 2 is 1.38 bits per heavy atom. The van der Waals surface area contributed by atoms with E-state index in [2.05, 4.69) is 77.0 Å². The number of rotatable bonds is 8. The molecule has 4 heterocycles. The lowest BCUT2D eigenvalue weighted by molar-refractivity contribution is 0.220. The van der Waals surface area contributed by atoms with E-state index in [1.807, 2.05) is 42.5 Å². The molecule has 5 aromatic rings. The van der Waals surface area contributed by atoms with Gasteiger partial charge in [-0.3, -0.25) is 9.80 Å². The summed E-state index contributed by atoms with van der Waals surface area (Å²) in [7, 11) is 10.9. The van der Waals surface area contributed by atoms with E-state index in [1.54, 1.807) is 28.4 Å². The largest absolute Gasteiger partial charge is 0.493 e.